The molecule has 3 heterocycles. The summed E-state index contributed by atoms with van der Waals surface area (Å²) in [6, 6.07) is 8.52. The summed E-state index contributed by atoms with van der Waals surface area (Å²) in [5, 5.41) is 5.85. The van der Waals surface area contributed by atoms with Gasteiger partial charge in [-0.15, -0.1) is 11.3 Å². The summed E-state index contributed by atoms with van der Waals surface area (Å²) in [5.74, 6) is 1.08. The molecule has 2 aliphatic carbocycles. The van der Waals surface area contributed by atoms with Gasteiger partial charge in [-0.2, -0.15) is 0 Å². The molecule has 0 radical (unpaired) electrons. The lowest BCUT2D eigenvalue weighted by atomic mass is 9.68. The zero-order chi connectivity index (χ0) is 19.6. The summed E-state index contributed by atoms with van der Waals surface area (Å²) in [5.41, 5.74) is 1.47. The molecule has 5 heteroatoms. The first-order valence-electron chi connectivity index (χ1n) is 11.3. The fraction of sp³-hybridized carbons (Fsp3) is 0.625. The molecule has 3 aliphatic rings. The van der Waals surface area contributed by atoms with Crippen LogP contribution >= 0.6 is 11.3 Å². The van der Waals surface area contributed by atoms with Crippen LogP contribution in [0.3, 0.4) is 0 Å². The van der Waals surface area contributed by atoms with Gasteiger partial charge >= 0.3 is 0 Å². The third kappa shape index (κ3) is 4.37. The second-order valence-electron chi connectivity index (χ2n) is 9.11. The van der Waals surface area contributed by atoms with Crippen LogP contribution in [0.15, 0.2) is 35.8 Å². The van der Waals surface area contributed by atoms with Crippen molar-refractivity contribution in [3.05, 3.63) is 46.4 Å². The molecule has 2 aromatic rings. The Kier molecular flexibility index (Phi) is 5.63. The van der Waals surface area contributed by atoms with Gasteiger partial charge in [0.2, 0.25) is 0 Å². The van der Waals surface area contributed by atoms with Gasteiger partial charge in [0.05, 0.1) is 16.6 Å². The maximum Gasteiger partial charge on any atom is 0.134 e. The molecule has 0 bridgehead atoms. The molecule has 1 aliphatic heterocycles. The second kappa shape index (κ2) is 8.37. The first-order valence-corrected chi connectivity index (χ1v) is 12.1. The van der Waals surface area contributed by atoms with E-state index in [4.69, 9.17) is 14.5 Å². The number of nitrogens with zero attached hydrogens (tertiary/aromatic N) is 1. The van der Waals surface area contributed by atoms with E-state index in [0.29, 0.717) is 6.10 Å². The Morgan fingerprint density at radius 1 is 1.17 bits per heavy atom. The summed E-state index contributed by atoms with van der Waals surface area (Å²) in [6.07, 6.45) is 13.2. The highest BCUT2D eigenvalue weighted by Gasteiger charge is 2.48. The molecule has 1 N–H and O–H groups in total. The van der Waals surface area contributed by atoms with E-state index in [1.807, 2.05) is 12.3 Å². The third-order valence-corrected chi connectivity index (χ3v) is 7.86. The van der Waals surface area contributed by atoms with Gasteiger partial charge in [0.25, 0.3) is 0 Å². The zero-order valence-electron chi connectivity index (χ0n) is 17.2. The molecule has 29 heavy (non-hydrogen) atoms. The SMILES string of the molecule is c1ccc([C@]2(CCNCc3sccc3OC3CC3)CCOC3(CCCC3)C2)nc1. The van der Waals surface area contributed by atoms with E-state index >= 15 is 0 Å². The highest BCUT2D eigenvalue weighted by atomic mass is 32.1. The smallest absolute Gasteiger partial charge is 0.134 e. The quantitative estimate of drug-likeness (QED) is 0.603. The van der Waals surface area contributed by atoms with Crippen molar-refractivity contribution in [2.45, 2.75) is 81.5 Å². The predicted octanol–water partition coefficient (Wildman–Crippen LogP) is 5.23. The third-order valence-electron chi connectivity index (χ3n) is 6.96. The van der Waals surface area contributed by atoms with Crippen LogP contribution in [0.4, 0.5) is 0 Å². The van der Waals surface area contributed by atoms with Crippen LogP contribution in [-0.4, -0.2) is 29.8 Å². The number of aromatic nitrogens is 1. The molecule has 0 aromatic carbocycles. The number of hydrogen-bond donors (Lipinski definition) is 1. The summed E-state index contributed by atoms with van der Waals surface area (Å²) < 4.78 is 12.4. The molecule has 2 saturated carbocycles. The van der Waals surface area contributed by atoms with E-state index in [1.54, 1.807) is 11.3 Å². The highest BCUT2D eigenvalue weighted by Crippen LogP contribution is 2.49. The number of nitrogens with one attached hydrogen (secondary N) is 1. The van der Waals surface area contributed by atoms with Gasteiger partial charge in [-0.05, 0) is 75.1 Å². The summed E-state index contributed by atoms with van der Waals surface area (Å²) >= 11 is 1.80. The minimum atomic E-state index is 0.0921. The van der Waals surface area contributed by atoms with Crippen LogP contribution in [0.1, 0.15) is 68.4 Å². The summed E-state index contributed by atoms with van der Waals surface area (Å²) in [7, 11) is 0. The van der Waals surface area contributed by atoms with Gasteiger partial charge in [-0.3, -0.25) is 4.98 Å². The zero-order valence-corrected chi connectivity index (χ0v) is 18.0. The maximum absolute atomic E-state index is 6.36. The molecule has 0 unspecified atom stereocenters. The predicted molar refractivity (Wildman–Crippen MR) is 117 cm³/mol. The van der Waals surface area contributed by atoms with Crippen molar-refractivity contribution in [1.29, 1.82) is 0 Å². The van der Waals surface area contributed by atoms with Crippen LogP contribution in [0, 0.1) is 0 Å². The Morgan fingerprint density at radius 2 is 2.07 bits per heavy atom. The maximum atomic E-state index is 6.36. The van der Waals surface area contributed by atoms with E-state index in [9.17, 15) is 0 Å². The van der Waals surface area contributed by atoms with Crippen LogP contribution in [0.2, 0.25) is 0 Å². The molecule has 4 nitrogen and oxygen atoms in total. The molecular formula is C24H32N2O2S. The number of hydrogen-bond acceptors (Lipinski definition) is 5. The Hall–Kier alpha value is -1.43. The average Bonchev–Trinajstić information content (AvgIpc) is 3.29. The Labute approximate surface area is 178 Å². The van der Waals surface area contributed by atoms with Gasteiger partial charge in [0, 0.05) is 30.5 Å². The molecule has 1 atom stereocenters. The Morgan fingerprint density at radius 3 is 2.86 bits per heavy atom. The van der Waals surface area contributed by atoms with Crippen LogP contribution in [-0.2, 0) is 16.7 Å². The monoisotopic (exact) mass is 412 g/mol. The highest BCUT2D eigenvalue weighted by molar-refractivity contribution is 7.10. The van der Waals surface area contributed by atoms with Crippen LogP contribution < -0.4 is 10.1 Å². The first-order chi connectivity index (χ1) is 14.3. The van der Waals surface area contributed by atoms with Crippen LogP contribution in [0.5, 0.6) is 5.75 Å². The van der Waals surface area contributed by atoms with Gasteiger partial charge in [-0.25, -0.2) is 0 Å². The van der Waals surface area contributed by atoms with Crippen LogP contribution in [0.25, 0.3) is 0 Å². The molecule has 1 saturated heterocycles. The molecular weight excluding hydrogens is 380 g/mol. The Bertz CT molecular complexity index is 798. The van der Waals surface area contributed by atoms with Crippen molar-refractivity contribution >= 4 is 11.3 Å². The summed E-state index contributed by atoms with van der Waals surface area (Å²) in [6.45, 7) is 2.74. The van der Waals surface area contributed by atoms with E-state index in [0.717, 1.165) is 44.7 Å². The van der Waals surface area contributed by atoms with Gasteiger partial charge < -0.3 is 14.8 Å². The van der Waals surface area contributed by atoms with Gasteiger partial charge in [0.15, 0.2) is 0 Å². The number of thiophene rings is 1. The van der Waals surface area contributed by atoms with Crippen molar-refractivity contribution in [1.82, 2.24) is 10.3 Å². The molecule has 156 valence electrons. The van der Waals surface area contributed by atoms with Gasteiger partial charge in [-0.1, -0.05) is 18.9 Å². The number of pyridine rings is 1. The van der Waals surface area contributed by atoms with Gasteiger partial charge in [0.1, 0.15) is 5.75 Å². The molecule has 5 rings (SSSR count). The van der Waals surface area contributed by atoms with Crippen molar-refractivity contribution in [3.8, 4) is 5.75 Å². The van der Waals surface area contributed by atoms with E-state index in [1.165, 1.54) is 49.1 Å². The largest absolute Gasteiger partial charge is 0.489 e. The lowest BCUT2D eigenvalue weighted by Gasteiger charge is -2.46. The minimum absolute atomic E-state index is 0.0921. The van der Waals surface area contributed by atoms with Crippen molar-refractivity contribution in [2.24, 2.45) is 0 Å². The normalized spacial score (nSPS) is 26.1. The number of rotatable bonds is 8. The number of ether oxygens (including phenoxy) is 2. The van der Waals surface area contributed by atoms with Crippen molar-refractivity contribution in [3.63, 3.8) is 0 Å². The minimum Gasteiger partial charge on any atom is -0.489 e. The molecule has 3 fully saturated rings. The lowest BCUT2D eigenvalue weighted by molar-refractivity contribution is -0.104. The van der Waals surface area contributed by atoms with E-state index in [2.05, 4.69) is 28.9 Å². The first kappa shape index (κ1) is 19.5. The summed E-state index contributed by atoms with van der Waals surface area (Å²) in [4.78, 5) is 6.13. The molecule has 1 spiro atoms. The topological polar surface area (TPSA) is 43.4 Å². The van der Waals surface area contributed by atoms with E-state index < -0.39 is 0 Å². The fourth-order valence-corrected chi connectivity index (χ4v) is 6.03. The Balaban J connectivity index is 1.25. The molecule has 2 aromatic heterocycles. The van der Waals surface area contributed by atoms with E-state index in [-0.39, 0.29) is 11.0 Å². The lowest BCUT2D eigenvalue weighted by Crippen LogP contribution is -2.47. The standard InChI is InChI=1S/C24H32N2O2S/c1-4-13-26-22(5-1)23(12-15-27-24(18-23)9-2-3-10-24)11-14-25-17-21-20(8-16-29-21)28-19-6-7-19/h1,4-5,8,13,16,19,25H,2-3,6-7,9-12,14-15,17-18H2/t23-/m1/s1. The van der Waals surface area contributed by atoms with Crippen molar-refractivity contribution < 1.29 is 9.47 Å². The molecule has 0 amide bonds. The average molecular weight is 413 g/mol. The fourth-order valence-electron chi connectivity index (χ4n) is 5.25. The van der Waals surface area contributed by atoms with Crippen molar-refractivity contribution in [2.75, 3.05) is 13.2 Å². The second-order valence-corrected chi connectivity index (χ2v) is 10.1.